The number of piperazine rings is 1. The zero-order chi connectivity index (χ0) is 19.5. The lowest BCUT2D eigenvalue weighted by Crippen LogP contribution is -2.53. The molecule has 1 saturated carbocycles. The highest BCUT2D eigenvalue weighted by atomic mass is 127. The van der Waals surface area contributed by atoms with Gasteiger partial charge in [0.2, 0.25) is 0 Å². The van der Waals surface area contributed by atoms with Crippen molar-refractivity contribution in [1.29, 1.82) is 0 Å². The number of aliphatic imine (C=N–C) groups is 1. The third kappa shape index (κ3) is 5.31. The van der Waals surface area contributed by atoms with E-state index in [0.717, 1.165) is 49.5 Å². The molecule has 0 bridgehead atoms. The van der Waals surface area contributed by atoms with Crippen LogP contribution in [0.5, 0.6) is 5.75 Å². The molecule has 29 heavy (non-hydrogen) atoms. The van der Waals surface area contributed by atoms with Crippen LogP contribution in [0.25, 0.3) is 0 Å². The molecule has 0 amide bonds. The maximum atomic E-state index is 5.36. The number of hydrogen-bond donors (Lipinski definition) is 1. The van der Waals surface area contributed by atoms with Crippen LogP contribution in [0.3, 0.4) is 0 Å². The molecule has 1 aromatic carbocycles. The van der Waals surface area contributed by atoms with Gasteiger partial charge in [-0.2, -0.15) is 0 Å². The lowest BCUT2D eigenvalue weighted by Gasteiger charge is -2.38. The summed E-state index contributed by atoms with van der Waals surface area (Å²) in [5, 5.41) is 12.0. The summed E-state index contributed by atoms with van der Waals surface area (Å²) in [6, 6.07) is 8.84. The largest absolute Gasteiger partial charge is 0.497 e. The van der Waals surface area contributed by atoms with E-state index in [-0.39, 0.29) is 24.0 Å². The summed E-state index contributed by atoms with van der Waals surface area (Å²) in [5.74, 6) is 3.70. The summed E-state index contributed by atoms with van der Waals surface area (Å²) < 4.78 is 7.36. The Bertz CT molecular complexity index is 841. The lowest BCUT2D eigenvalue weighted by atomic mass is 10.2. The summed E-state index contributed by atoms with van der Waals surface area (Å²) in [7, 11) is 3.70. The van der Waals surface area contributed by atoms with Gasteiger partial charge in [-0.25, -0.2) is 4.99 Å². The van der Waals surface area contributed by atoms with Crippen molar-refractivity contribution in [2.45, 2.75) is 32.4 Å². The lowest BCUT2D eigenvalue weighted by molar-refractivity contribution is 0.370. The minimum atomic E-state index is 0. The van der Waals surface area contributed by atoms with Crippen LogP contribution in [0.2, 0.25) is 0 Å². The molecule has 0 spiro atoms. The maximum absolute atomic E-state index is 5.36. The topological polar surface area (TPSA) is 70.8 Å². The van der Waals surface area contributed by atoms with Crippen LogP contribution in [-0.2, 0) is 13.6 Å². The van der Waals surface area contributed by atoms with Crippen molar-refractivity contribution in [2.75, 3.05) is 38.2 Å². The first kappa shape index (κ1) is 21.7. The van der Waals surface area contributed by atoms with Gasteiger partial charge in [-0.1, -0.05) is 6.07 Å². The van der Waals surface area contributed by atoms with Gasteiger partial charge in [-0.15, -0.1) is 34.2 Å². The van der Waals surface area contributed by atoms with E-state index in [9.17, 15) is 0 Å². The summed E-state index contributed by atoms with van der Waals surface area (Å²) in [6.07, 6.45) is 2.46. The standard InChI is InChI=1S/C20H29N7O.HI/c1-15-23-24-19(25(15)2)14-21-20(22-16-7-8-16)27-11-9-26(10-12-27)17-5-4-6-18(13-17)28-3;/h4-6,13,16H,7-12,14H2,1-3H3,(H,21,22);1H. The predicted octanol–water partition coefficient (Wildman–Crippen LogP) is 2.18. The van der Waals surface area contributed by atoms with Gasteiger partial charge >= 0.3 is 0 Å². The van der Waals surface area contributed by atoms with E-state index in [4.69, 9.17) is 9.73 Å². The number of hydrogen-bond acceptors (Lipinski definition) is 5. The molecular formula is C20H30IN7O. The Morgan fingerprint density at radius 2 is 1.97 bits per heavy atom. The number of nitrogens with zero attached hydrogens (tertiary/aromatic N) is 6. The number of anilines is 1. The van der Waals surface area contributed by atoms with E-state index < -0.39 is 0 Å². The molecule has 1 N–H and O–H groups in total. The molecule has 1 aliphatic heterocycles. The fourth-order valence-electron chi connectivity index (χ4n) is 3.37. The van der Waals surface area contributed by atoms with Crippen LogP contribution >= 0.6 is 24.0 Å². The third-order valence-electron chi connectivity index (χ3n) is 5.46. The molecular weight excluding hydrogens is 481 g/mol. The van der Waals surface area contributed by atoms with E-state index in [1.165, 1.54) is 18.5 Å². The fourth-order valence-corrected chi connectivity index (χ4v) is 3.37. The van der Waals surface area contributed by atoms with E-state index in [1.54, 1.807) is 7.11 Å². The predicted molar refractivity (Wildman–Crippen MR) is 125 cm³/mol. The van der Waals surface area contributed by atoms with E-state index >= 15 is 0 Å². The van der Waals surface area contributed by atoms with Gasteiger partial charge < -0.3 is 24.4 Å². The number of methoxy groups -OCH3 is 1. The van der Waals surface area contributed by atoms with Crippen LogP contribution in [0.15, 0.2) is 29.3 Å². The molecule has 8 nitrogen and oxygen atoms in total. The van der Waals surface area contributed by atoms with Gasteiger partial charge in [0.1, 0.15) is 18.1 Å². The van der Waals surface area contributed by atoms with Crippen LogP contribution < -0.4 is 15.0 Å². The highest BCUT2D eigenvalue weighted by Crippen LogP contribution is 2.23. The average Bonchev–Trinajstić information content (AvgIpc) is 3.51. The second-order valence-corrected chi connectivity index (χ2v) is 7.46. The number of ether oxygens (including phenoxy) is 1. The molecule has 9 heteroatoms. The SMILES string of the molecule is COc1cccc(N2CCN(C(=NCc3nnc(C)n3C)NC3CC3)CC2)c1.I. The molecule has 158 valence electrons. The van der Waals surface area contributed by atoms with Gasteiger partial charge in [0.05, 0.1) is 7.11 Å². The number of halogens is 1. The van der Waals surface area contributed by atoms with Gasteiger partial charge in [0.15, 0.2) is 11.8 Å². The van der Waals surface area contributed by atoms with Crippen molar-refractivity contribution < 1.29 is 4.74 Å². The molecule has 1 aromatic heterocycles. The second kappa shape index (κ2) is 9.64. The smallest absolute Gasteiger partial charge is 0.194 e. The molecule has 0 atom stereocenters. The quantitative estimate of drug-likeness (QED) is 0.377. The van der Waals surface area contributed by atoms with Crippen molar-refractivity contribution >= 4 is 35.6 Å². The highest BCUT2D eigenvalue weighted by Gasteiger charge is 2.27. The second-order valence-electron chi connectivity index (χ2n) is 7.46. The first-order chi connectivity index (χ1) is 13.6. The van der Waals surface area contributed by atoms with Crippen LogP contribution in [0.4, 0.5) is 5.69 Å². The number of nitrogens with one attached hydrogen (secondary N) is 1. The van der Waals surface area contributed by atoms with Gasteiger partial charge in [0, 0.05) is 51.0 Å². The summed E-state index contributed by atoms with van der Waals surface area (Å²) in [6.45, 7) is 6.30. The summed E-state index contributed by atoms with van der Waals surface area (Å²) in [5.41, 5.74) is 1.21. The molecule has 0 radical (unpaired) electrons. The van der Waals surface area contributed by atoms with Crippen LogP contribution in [-0.4, -0.2) is 65.0 Å². The Kier molecular flexibility index (Phi) is 7.20. The number of guanidine groups is 1. The Hall–Kier alpha value is -2.04. The monoisotopic (exact) mass is 511 g/mol. The number of aryl methyl sites for hydroxylation is 1. The first-order valence-corrected chi connectivity index (χ1v) is 9.94. The zero-order valence-corrected chi connectivity index (χ0v) is 19.7. The molecule has 4 rings (SSSR count). The number of rotatable bonds is 5. The van der Waals surface area contributed by atoms with Crippen molar-refractivity contribution in [2.24, 2.45) is 12.0 Å². The molecule has 1 saturated heterocycles. The third-order valence-corrected chi connectivity index (χ3v) is 5.46. The van der Waals surface area contributed by atoms with E-state index in [2.05, 4.69) is 37.4 Å². The highest BCUT2D eigenvalue weighted by molar-refractivity contribution is 14.0. The molecule has 2 fully saturated rings. The molecule has 2 aliphatic rings. The minimum Gasteiger partial charge on any atom is -0.497 e. The Labute approximate surface area is 189 Å². The van der Waals surface area contributed by atoms with Gasteiger partial charge in [-0.3, -0.25) is 0 Å². The summed E-state index contributed by atoms with van der Waals surface area (Å²) in [4.78, 5) is 9.63. The minimum absolute atomic E-state index is 0. The first-order valence-electron chi connectivity index (χ1n) is 9.94. The van der Waals surface area contributed by atoms with Crippen molar-refractivity contribution in [1.82, 2.24) is 25.0 Å². The molecule has 0 unspecified atom stereocenters. The van der Waals surface area contributed by atoms with Crippen LogP contribution in [0, 0.1) is 6.92 Å². The normalized spacial score (nSPS) is 17.1. The Morgan fingerprint density at radius 3 is 2.59 bits per heavy atom. The molecule has 1 aliphatic carbocycles. The number of aromatic nitrogens is 3. The summed E-state index contributed by atoms with van der Waals surface area (Å²) >= 11 is 0. The van der Waals surface area contributed by atoms with E-state index in [1.807, 2.05) is 30.7 Å². The Morgan fingerprint density at radius 1 is 1.21 bits per heavy atom. The van der Waals surface area contributed by atoms with Gasteiger partial charge in [-0.05, 0) is 31.9 Å². The van der Waals surface area contributed by atoms with Gasteiger partial charge in [0.25, 0.3) is 0 Å². The number of benzene rings is 1. The molecule has 2 aromatic rings. The van der Waals surface area contributed by atoms with E-state index in [0.29, 0.717) is 12.6 Å². The molecule has 2 heterocycles. The van der Waals surface area contributed by atoms with Crippen LogP contribution in [0.1, 0.15) is 24.5 Å². The van der Waals surface area contributed by atoms with Crippen molar-refractivity contribution in [3.8, 4) is 5.75 Å². The fraction of sp³-hybridized carbons (Fsp3) is 0.550. The van der Waals surface area contributed by atoms with Crippen molar-refractivity contribution in [3.05, 3.63) is 35.9 Å². The zero-order valence-electron chi connectivity index (χ0n) is 17.3. The van der Waals surface area contributed by atoms with Crippen molar-refractivity contribution in [3.63, 3.8) is 0 Å². The Balaban J connectivity index is 0.00000240. The maximum Gasteiger partial charge on any atom is 0.194 e. The average molecular weight is 511 g/mol.